The molecule has 1 N–H and O–H groups in total. The number of fused-ring (bicyclic) bond motifs is 2. The highest BCUT2D eigenvalue weighted by Gasteiger charge is 2.61. The van der Waals surface area contributed by atoms with Crippen molar-refractivity contribution in [3.8, 4) is 12.3 Å². The molecule has 0 radical (unpaired) electrons. The first-order chi connectivity index (χ1) is 7.67. The molecule has 0 amide bonds. The van der Waals surface area contributed by atoms with Gasteiger partial charge in [-0.15, -0.1) is 6.42 Å². The van der Waals surface area contributed by atoms with Crippen molar-refractivity contribution >= 4 is 5.97 Å². The van der Waals surface area contributed by atoms with Crippen molar-refractivity contribution < 1.29 is 9.90 Å². The molecule has 0 bridgehead atoms. The average Bonchev–Trinajstić information content (AvgIpc) is 2.91. The minimum atomic E-state index is -0.668. The largest absolute Gasteiger partial charge is 0.481 e. The van der Waals surface area contributed by atoms with E-state index in [1.807, 2.05) is 12.1 Å². The molecule has 2 aliphatic carbocycles. The van der Waals surface area contributed by atoms with Gasteiger partial charge in [-0.1, -0.05) is 12.0 Å². The fourth-order valence-corrected chi connectivity index (χ4v) is 3.04. The number of carboxylic acid groups (broad SMARTS) is 1. The highest BCUT2D eigenvalue weighted by Crippen LogP contribution is 2.61. The number of rotatable bonds is 1. The third kappa shape index (κ3) is 1.06. The Balaban J connectivity index is 2.07. The van der Waals surface area contributed by atoms with E-state index in [0.29, 0.717) is 0 Å². The van der Waals surface area contributed by atoms with E-state index in [2.05, 4.69) is 12.0 Å². The molecule has 0 heterocycles. The summed E-state index contributed by atoms with van der Waals surface area (Å²) in [6, 6.07) is 6.00. The van der Waals surface area contributed by atoms with E-state index >= 15 is 0 Å². The van der Waals surface area contributed by atoms with Gasteiger partial charge in [-0.05, 0) is 42.5 Å². The molecule has 2 unspecified atom stereocenters. The number of aryl methyl sites for hydroxylation is 1. The summed E-state index contributed by atoms with van der Waals surface area (Å²) in [5, 5.41) is 9.09. The second kappa shape index (κ2) is 2.89. The summed E-state index contributed by atoms with van der Waals surface area (Å²) in [5.41, 5.74) is 3.24. The number of carbonyl (C=O) groups is 1. The summed E-state index contributed by atoms with van der Waals surface area (Å²) in [4.78, 5) is 11.0. The van der Waals surface area contributed by atoms with Crippen LogP contribution in [0.15, 0.2) is 18.2 Å². The molecule has 1 fully saturated rings. The maximum atomic E-state index is 11.0. The number of aliphatic carboxylic acids is 1. The Labute approximate surface area is 94.3 Å². The second-order valence-electron chi connectivity index (χ2n) is 4.77. The van der Waals surface area contributed by atoms with Crippen molar-refractivity contribution in [2.75, 3.05) is 0 Å². The van der Waals surface area contributed by atoms with Gasteiger partial charge in [0.15, 0.2) is 0 Å². The first-order valence-electron chi connectivity index (χ1n) is 5.50. The lowest BCUT2D eigenvalue weighted by Crippen LogP contribution is -2.11. The molecular formula is C14H12O2. The number of benzene rings is 1. The standard InChI is InChI=1S/C14H12O2/c1-2-9-3-4-10-5-6-14(11(10)7-9)8-12(14)13(15)16/h1,3-4,7,12H,5-6,8H2,(H,15,16). The number of hydrogen-bond acceptors (Lipinski definition) is 1. The summed E-state index contributed by atoms with van der Waals surface area (Å²) in [5.74, 6) is 1.76. The highest BCUT2D eigenvalue weighted by molar-refractivity contribution is 5.78. The normalized spacial score (nSPS) is 29.8. The SMILES string of the molecule is C#Cc1ccc2c(c1)C1(CC2)CC1C(=O)O. The summed E-state index contributed by atoms with van der Waals surface area (Å²) < 4.78 is 0. The molecule has 3 rings (SSSR count). The Morgan fingerprint density at radius 3 is 3.00 bits per heavy atom. The van der Waals surface area contributed by atoms with Crippen LogP contribution in [0.5, 0.6) is 0 Å². The molecule has 1 aromatic carbocycles. The van der Waals surface area contributed by atoms with Crippen molar-refractivity contribution in [1.82, 2.24) is 0 Å². The van der Waals surface area contributed by atoms with E-state index in [4.69, 9.17) is 11.5 Å². The molecule has 0 aromatic heterocycles. The smallest absolute Gasteiger partial charge is 0.307 e. The Morgan fingerprint density at radius 1 is 1.56 bits per heavy atom. The van der Waals surface area contributed by atoms with Crippen LogP contribution in [0.1, 0.15) is 29.5 Å². The van der Waals surface area contributed by atoms with Gasteiger partial charge in [0, 0.05) is 11.0 Å². The van der Waals surface area contributed by atoms with Crippen LogP contribution in [0.3, 0.4) is 0 Å². The first kappa shape index (κ1) is 9.47. The Bertz CT molecular complexity index is 524. The number of terminal acetylenes is 1. The average molecular weight is 212 g/mol. The van der Waals surface area contributed by atoms with E-state index in [1.165, 1.54) is 11.1 Å². The fourth-order valence-electron chi connectivity index (χ4n) is 3.04. The van der Waals surface area contributed by atoms with E-state index in [1.54, 1.807) is 0 Å². The van der Waals surface area contributed by atoms with Crippen LogP contribution in [0, 0.1) is 18.3 Å². The van der Waals surface area contributed by atoms with E-state index < -0.39 is 5.97 Å². The van der Waals surface area contributed by atoms with Gasteiger partial charge in [-0.3, -0.25) is 4.79 Å². The van der Waals surface area contributed by atoms with Gasteiger partial charge in [0.2, 0.25) is 0 Å². The summed E-state index contributed by atoms with van der Waals surface area (Å²) in [7, 11) is 0. The highest BCUT2D eigenvalue weighted by atomic mass is 16.4. The van der Waals surface area contributed by atoms with Crippen molar-refractivity contribution in [2.24, 2.45) is 5.92 Å². The third-order valence-corrected chi connectivity index (χ3v) is 4.03. The maximum absolute atomic E-state index is 11.0. The molecule has 1 aromatic rings. The van der Waals surface area contributed by atoms with Crippen LogP contribution in [0.2, 0.25) is 0 Å². The van der Waals surface area contributed by atoms with E-state index in [0.717, 1.165) is 24.8 Å². The first-order valence-corrected chi connectivity index (χ1v) is 5.50. The van der Waals surface area contributed by atoms with Crippen molar-refractivity contribution in [3.05, 3.63) is 34.9 Å². The van der Waals surface area contributed by atoms with Crippen LogP contribution >= 0.6 is 0 Å². The van der Waals surface area contributed by atoms with Crippen LogP contribution in [0.4, 0.5) is 0 Å². The predicted octanol–water partition coefficient (Wildman–Crippen LogP) is 1.96. The third-order valence-electron chi connectivity index (χ3n) is 4.03. The molecule has 2 atom stereocenters. The van der Waals surface area contributed by atoms with E-state index in [9.17, 15) is 4.79 Å². The summed E-state index contributed by atoms with van der Waals surface area (Å²) in [6.07, 6.45) is 8.12. The molecule has 2 heteroatoms. The minimum Gasteiger partial charge on any atom is -0.481 e. The zero-order valence-corrected chi connectivity index (χ0v) is 8.86. The van der Waals surface area contributed by atoms with Gasteiger partial charge in [0.25, 0.3) is 0 Å². The van der Waals surface area contributed by atoms with Gasteiger partial charge in [-0.25, -0.2) is 0 Å². The van der Waals surface area contributed by atoms with Gasteiger partial charge >= 0.3 is 5.97 Å². The zero-order chi connectivity index (χ0) is 11.3. The molecule has 80 valence electrons. The Hall–Kier alpha value is -1.75. The molecule has 0 aliphatic heterocycles. The zero-order valence-electron chi connectivity index (χ0n) is 8.86. The monoisotopic (exact) mass is 212 g/mol. The quantitative estimate of drug-likeness (QED) is 0.722. The number of carboxylic acids is 1. The van der Waals surface area contributed by atoms with Crippen molar-refractivity contribution in [1.29, 1.82) is 0 Å². The fraction of sp³-hybridized carbons (Fsp3) is 0.357. The van der Waals surface area contributed by atoms with Crippen LogP contribution in [0.25, 0.3) is 0 Å². The predicted molar refractivity (Wildman–Crippen MR) is 60.1 cm³/mol. The lowest BCUT2D eigenvalue weighted by Gasteiger charge is -2.09. The molecule has 2 aliphatic rings. The van der Waals surface area contributed by atoms with E-state index in [-0.39, 0.29) is 11.3 Å². The summed E-state index contributed by atoms with van der Waals surface area (Å²) in [6.45, 7) is 0. The molecule has 2 nitrogen and oxygen atoms in total. The molecule has 1 spiro atoms. The topological polar surface area (TPSA) is 37.3 Å². The van der Waals surface area contributed by atoms with Crippen LogP contribution in [-0.2, 0) is 16.6 Å². The lowest BCUT2D eigenvalue weighted by atomic mass is 9.94. The lowest BCUT2D eigenvalue weighted by molar-refractivity contribution is -0.139. The van der Waals surface area contributed by atoms with Gasteiger partial charge in [0.1, 0.15) is 0 Å². The van der Waals surface area contributed by atoms with Crippen LogP contribution in [-0.4, -0.2) is 11.1 Å². The Morgan fingerprint density at radius 2 is 2.38 bits per heavy atom. The minimum absolute atomic E-state index is 0.0893. The number of hydrogen-bond donors (Lipinski definition) is 1. The van der Waals surface area contributed by atoms with Gasteiger partial charge in [-0.2, -0.15) is 0 Å². The van der Waals surface area contributed by atoms with Crippen LogP contribution < -0.4 is 0 Å². The Kier molecular flexibility index (Phi) is 1.71. The van der Waals surface area contributed by atoms with Crippen molar-refractivity contribution in [3.63, 3.8) is 0 Å². The van der Waals surface area contributed by atoms with Gasteiger partial charge in [0.05, 0.1) is 5.92 Å². The molecular weight excluding hydrogens is 200 g/mol. The molecule has 1 saturated carbocycles. The van der Waals surface area contributed by atoms with Gasteiger partial charge < -0.3 is 5.11 Å². The second-order valence-corrected chi connectivity index (χ2v) is 4.77. The molecule has 16 heavy (non-hydrogen) atoms. The summed E-state index contributed by atoms with van der Waals surface area (Å²) >= 11 is 0. The van der Waals surface area contributed by atoms with Crippen molar-refractivity contribution in [2.45, 2.75) is 24.7 Å². The maximum Gasteiger partial charge on any atom is 0.307 e. The molecule has 0 saturated heterocycles.